The third-order valence-electron chi connectivity index (χ3n) is 5.29. The Bertz CT molecular complexity index is 368. The number of carbonyl (C=O) groups is 2. The fourth-order valence-electron chi connectivity index (χ4n) is 3.56. The van der Waals surface area contributed by atoms with E-state index in [0.29, 0.717) is 11.8 Å². The molecule has 0 aliphatic heterocycles. The van der Waals surface area contributed by atoms with Gasteiger partial charge in [-0.1, -0.05) is 27.7 Å². The zero-order valence-corrected chi connectivity index (χ0v) is 14.9. The van der Waals surface area contributed by atoms with Gasteiger partial charge in [0, 0.05) is 40.0 Å². The zero-order valence-electron chi connectivity index (χ0n) is 14.9. The summed E-state index contributed by atoms with van der Waals surface area (Å²) in [6.45, 7) is 8.55. The maximum Gasteiger partial charge on any atom is 0.225 e. The molecule has 1 fully saturated rings. The first kappa shape index (κ1) is 18.0. The maximum atomic E-state index is 12.6. The van der Waals surface area contributed by atoms with Crippen LogP contribution in [-0.4, -0.2) is 49.8 Å². The summed E-state index contributed by atoms with van der Waals surface area (Å²) in [6.07, 6.45) is 1.78. The quantitative estimate of drug-likeness (QED) is 0.803. The van der Waals surface area contributed by atoms with Gasteiger partial charge in [0.05, 0.1) is 0 Å². The van der Waals surface area contributed by atoms with Gasteiger partial charge in [0.25, 0.3) is 0 Å². The van der Waals surface area contributed by atoms with Crippen LogP contribution in [0.2, 0.25) is 0 Å². The van der Waals surface area contributed by atoms with Crippen LogP contribution < -0.4 is 0 Å². The van der Waals surface area contributed by atoms with Gasteiger partial charge in [-0.2, -0.15) is 0 Å². The Kier molecular flexibility index (Phi) is 5.46. The van der Waals surface area contributed by atoms with E-state index in [-0.39, 0.29) is 29.1 Å². The molecule has 0 N–H and O–H groups in total. The monoisotopic (exact) mass is 296 g/mol. The van der Waals surface area contributed by atoms with Crippen molar-refractivity contribution in [2.45, 2.75) is 40.5 Å². The van der Waals surface area contributed by atoms with Crippen molar-refractivity contribution in [3.8, 4) is 0 Å². The summed E-state index contributed by atoms with van der Waals surface area (Å²) in [5, 5.41) is 0. The van der Waals surface area contributed by atoms with Crippen molar-refractivity contribution in [1.29, 1.82) is 0 Å². The van der Waals surface area contributed by atoms with Crippen molar-refractivity contribution in [1.82, 2.24) is 9.80 Å². The number of rotatable bonds is 3. The van der Waals surface area contributed by atoms with Crippen LogP contribution in [0.3, 0.4) is 0 Å². The highest BCUT2D eigenvalue weighted by Crippen LogP contribution is 2.50. The fourth-order valence-corrected chi connectivity index (χ4v) is 3.56. The molecule has 0 radical (unpaired) electrons. The van der Waals surface area contributed by atoms with Gasteiger partial charge in [-0.05, 0) is 30.1 Å². The number of hydrogen-bond acceptors (Lipinski definition) is 2. The molecule has 0 aromatic carbocycles. The van der Waals surface area contributed by atoms with Crippen LogP contribution in [0.5, 0.6) is 0 Å². The third kappa shape index (κ3) is 3.58. The van der Waals surface area contributed by atoms with Gasteiger partial charge in [0.1, 0.15) is 0 Å². The lowest BCUT2D eigenvalue weighted by atomic mass is 9.57. The molecule has 1 saturated carbocycles. The molecule has 2 atom stereocenters. The molecule has 0 aromatic heterocycles. The van der Waals surface area contributed by atoms with E-state index in [1.807, 2.05) is 0 Å². The molecule has 2 amide bonds. The summed E-state index contributed by atoms with van der Waals surface area (Å²) >= 11 is 0. The number of amides is 2. The highest BCUT2D eigenvalue weighted by atomic mass is 16.2. The van der Waals surface area contributed by atoms with Crippen molar-refractivity contribution in [3.63, 3.8) is 0 Å². The average molecular weight is 296 g/mol. The van der Waals surface area contributed by atoms with Crippen molar-refractivity contribution in [2.75, 3.05) is 28.2 Å². The Hall–Kier alpha value is -1.06. The minimum Gasteiger partial charge on any atom is -0.349 e. The lowest BCUT2D eigenvalue weighted by molar-refractivity contribution is -0.151. The summed E-state index contributed by atoms with van der Waals surface area (Å²) in [7, 11) is 7.22. The largest absolute Gasteiger partial charge is 0.349 e. The van der Waals surface area contributed by atoms with E-state index in [0.717, 1.165) is 12.8 Å². The van der Waals surface area contributed by atoms with Crippen LogP contribution in [-0.2, 0) is 9.59 Å². The van der Waals surface area contributed by atoms with Gasteiger partial charge in [0.15, 0.2) is 0 Å². The van der Waals surface area contributed by atoms with Crippen LogP contribution in [0, 0.1) is 29.1 Å². The second kappa shape index (κ2) is 6.37. The molecule has 21 heavy (non-hydrogen) atoms. The van der Waals surface area contributed by atoms with Crippen molar-refractivity contribution in [2.24, 2.45) is 29.1 Å². The summed E-state index contributed by atoms with van der Waals surface area (Å²) < 4.78 is 0. The maximum absolute atomic E-state index is 12.6. The van der Waals surface area contributed by atoms with E-state index in [1.165, 1.54) is 0 Å². The van der Waals surface area contributed by atoms with Gasteiger partial charge in [-0.3, -0.25) is 9.59 Å². The predicted molar refractivity (Wildman–Crippen MR) is 85.7 cm³/mol. The van der Waals surface area contributed by atoms with Gasteiger partial charge in [-0.15, -0.1) is 0 Å². The van der Waals surface area contributed by atoms with Gasteiger partial charge in [-0.25, -0.2) is 0 Å². The van der Waals surface area contributed by atoms with E-state index in [2.05, 4.69) is 27.7 Å². The highest BCUT2D eigenvalue weighted by Gasteiger charge is 2.50. The molecule has 122 valence electrons. The first-order valence-corrected chi connectivity index (χ1v) is 7.92. The summed E-state index contributed by atoms with van der Waals surface area (Å²) in [5.41, 5.74) is -0.298. The normalized spacial score (nSPS) is 28.3. The predicted octanol–water partition coefficient (Wildman–Crippen LogP) is 2.49. The van der Waals surface area contributed by atoms with Gasteiger partial charge in [0.2, 0.25) is 11.8 Å². The molecule has 0 aromatic rings. The smallest absolute Gasteiger partial charge is 0.225 e. The van der Waals surface area contributed by atoms with E-state index in [9.17, 15) is 9.59 Å². The van der Waals surface area contributed by atoms with Crippen LogP contribution in [0.4, 0.5) is 0 Å². The first-order valence-electron chi connectivity index (χ1n) is 7.92. The summed E-state index contributed by atoms with van der Waals surface area (Å²) in [5.74, 6) is 1.07. The molecule has 1 aliphatic carbocycles. The number of nitrogens with zero attached hydrogens (tertiary/aromatic N) is 2. The lowest BCUT2D eigenvalue weighted by Crippen LogP contribution is -2.52. The molecule has 4 nitrogen and oxygen atoms in total. The van der Waals surface area contributed by atoms with Gasteiger partial charge < -0.3 is 9.80 Å². The molecular weight excluding hydrogens is 264 g/mol. The van der Waals surface area contributed by atoms with Crippen molar-refractivity contribution < 1.29 is 9.59 Å². The summed E-state index contributed by atoms with van der Waals surface area (Å²) in [6, 6.07) is 0. The van der Waals surface area contributed by atoms with Crippen LogP contribution in [0.1, 0.15) is 40.5 Å². The van der Waals surface area contributed by atoms with E-state index in [1.54, 1.807) is 38.0 Å². The van der Waals surface area contributed by atoms with E-state index < -0.39 is 0 Å². The van der Waals surface area contributed by atoms with E-state index in [4.69, 9.17) is 0 Å². The topological polar surface area (TPSA) is 40.6 Å². The molecular formula is C17H32N2O2. The highest BCUT2D eigenvalue weighted by molar-refractivity contribution is 5.83. The Labute approximate surface area is 129 Å². The van der Waals surface area contributed by atoms with Crippen LogP contribution in [0.15, 0.2) is 0 Å². The number of hydrogen-bond donors (Lipinski definition) is 0. The molecule has 0 saturated heterocycles. The molecule has 2 unspecified atom stereocenters. The van der Waals surface area contributed by atoms with Gasteiger partial charge >= 0.3 is 0 Å². The molecule has 0 spiro atoms. The van der Waals surface area contributed by atoms with E-state index >= 15 is 0 Å². The molecule has 1 rings (SSSR count). The minimum absolute atomic E-state index is 0.0810. The Morgan fingerprint density at radius 3 is 1.48 bits per heavy atom. The standard InChI is InChI=1S/C17H32N2O2/c1-11(2)12-9-13(15(20)18(5)6)17(3,4)14(10-12)16(21)19(7)8/h11-14H,9-10H2,1-8H3. The molecule has 4 heteroatoms. The van der Waals surface area contributed by atoms with Crippen molar-refractivity contribution >= 4 is 11.8 Å². The fraction of sp³-hybridized carbons (Fsp3) is 0.882. The number of carbonyl (C=O) groups excluding carboxylic acids is 2. The molecule has 0 bridgehead atoms. The molecule has 0 heterocycles. The Balaban J connectivity index is 3.18. The SMILES string of the molecule is CC(C)C1CC(C(=O)N(C)C)C(C)(C)C(C(=O)N(C)C)C1. The second-order valence-electron chi connectivity index (χ2n) is 7.87. The third-order valence-corrected chi connectivity index (χ3v) is 5.29. The second-order valence-corrected chi connectivity index (χ2v) is 7.87. The average Bonchev–Trinajstić information content (AvgIpc) is 2.35. The lowest BCUT2D eigenvalue weighted by Gasteiger charge is -2.48. The Morgan fingerprint density at radius 2 is 1.24 bits per heavy atom. The molecule has 1 aliphatic rings. The minimum atomic E-state index is -0.298. The van der Waals surface area contributed by atoms with Crippen LogP contribution >= 0.6 is 0 Å². The van der Waals surface area contributed by atoms with Crippen LogP contribution in [0.25, 0.3) is 0 Å². The summed E-state index contributed by atoms with van der Waals surface area (Å²) in [4.78, 5) is 28.6. The first-order chi connectivity index (χ1) is 9.50. The zero-order chi connectivity index (χ0) is 16.5. The Morgan fingerprint density at radius 1 is 0.905 bits per heavy atom. The van der Waals surface area contributed by atoms with Crippen molar-refractivity contribution in [3.05, 3.63) is 0 Å².